The Morgan fingerprint density at radius 2 is 2.00 bits per heavy atom. The minimum absolute atomic E-state index is 0.0948. The van der Waals surface area contributed by atoms with Crippen molar-refractivity contribution < 1.29 is 4.79 Å². The molecule has 0 atom stereocenters. The molecule has 0 aliphatic heterocycles. The molecule has 0 saturated heterocycles. The van der Waals surface area contributed by atoms with E-state index >= 15 is 0 Å². The number of nitrogens with zero attached hydrogens (tertiary/aromatic N) is 2. The molecule has 25 heavy (non-hydrogen) atoms. The number of halogens is 2. The highest BCUT2D eigenvalue weighted by atomic mass is 35.5. The highest BCUT2D eigenvalue weighted by molar-refractivity contribution is 7.99. The number of hydrogen-bond acceptors (Lipinski definition) is 4. The van der Waals surface area contributed by atoms with Gasteiger partial charge in [-0.05, 0) is 30.3 Å². The quantitative estimate of drug-likeness (QED) is 0.537. The minimum Gasteiger partial charge on any atom is -0.324 e. The number of carbonyl (C=O) groups is 1. The van der Waals surface area contributed by atoms with E-state index in [0.29, 0.717) is 31.8 Å². The normalized spacial score (nSPS) is 10.8. The molecule has 0 aliphatic rings. The predicted molar refractivity (Wildman–Crippen MR) is 103 cm³/mol. The van der Waals surface area contributed by atoms with Crippen LogP contribution in [-0.4, -0.2) is 21.2 Å². The summed E-state index contributed by atoms with van der Waals surface area (Å²) in [6.45, 7) is 0. The summed E-state index contributed by atoms with van der Waals surface area (Å²) in [4.78, 5) is 28.9. The van der Waals surface area contributed by atoms with Gasteiger partial charge in [0.2, 0.25) is 5.91 Å². The lowest BCUT2D eigenvalue weighted by atomic mass is 10.2. The van der Waals surface area contributed by atoms with Crippen LogP contribution in [0.4, 0.5) is 5.69 Å². The van der Waals surface area contributed by atoms with E-state index in [4.69, 9.17) is 23.2 Å². The first-order chi connectivity index (χ1) is 12.0. The third-order valence-corrected chi connectivity index (χ3v) is 5.06. The van der Waals surface area contributed by atoms with Crippen molar-refractivity contribution in [2.75, 3.05) is 11.1 Å². The van der Waals surface area contributed by atoms with Gasteiger partial charge in [0.1, 0.15) is 0 Å². The lowest BCUT2D eigenvalue weighted by molar-refractivity contribution is -0.113. The first-order valence-corrected chi connectivity index (χ1v) is 9.03. The molecule has 128 valence electrons. The van der Waals surface area contributed by atoms with Crippen LogP contribution in [-0.2, 0) is 11.8 Å². The van der Waals surface area contributed by atoms with Gasteiger partial charge in [-0.1, -0.05) is 47.1 Å². The molecule has 3 aromatic rings. The fourth-order valence-corrected chi connectivity index (χ4v) is 3.46. The first-order valence-electron chi connectivity index (χ1n) is 7.29. The number of thioether (sulfide) groups is 1. The maximum Gasteiger partial charge on any atom is 0.261 e. The molecule has 1 heterocycles. The number of hydrogen-bond donors (Lipinski definition) is 1. The summed E-state index contributed by atoms with van der Waals surface area (Å²) < 4.78 is 1.44. The van der Waals surface area contributed by atoms with E-state index in [9.17, 15) is 9.59 Å². The molecule has 1 N–H and O–H groups in total. The average molecular weight is 394 g/mol. The van der Waals surface area contributed by atoms with Gasteiger partial charge < -0.3 is 5.32 Å². The van der Waals surface area contributed by atoms with Gasteiger partial charge in [-0.15, -0.1) is 0 Å². The topological polar surface area (TPSA) is 64.0 Å². The van der Waals surface area contributed by atoms with Gasteiger partial charge in [0.05, 0.1) is 27.4 Å². The molecule has 8 heteroatoms. The van der Waals surface area contributed by atoms with Gasteiger partial charge in [-0.2, -0.15) is 0 Å². The molecule has 0 saturated carbocycles. The van der Waals surface area contributed by atoms with Crippen molar-refractivity contribution in [3.8, 4) is 0 Å². The molecule has 1 amide bonds. The van der Waals surface area contributed by atoms with Crippen molar-refractivity contribution >= 4 is 57.5 Å². The van der Waals surface area contributed by atoms with Gasteiger partial charge >= 0.3 is 0 Å². The Hall–Kier alpha value is -2.02. The van der Waals surface area contributed by atoms with E-state index in [2.05, 4.69) is 10.3 Å². The van der Waals surface area contributed by atoms with Crippen LogP contribution in [0.15, 0.2) is 52.4 Å². The Labute approximate surface area is 158 Å². The maximum absolute atomic E-state index is 12.3. The molecule has 1 aromatic heterocycles. The summed E-state index contributed by atoms with van der Waals surface area (Å²) in [6, 6.07) is 11.9. The highest BCUT2D eigenvalue weighted by Gasteiger charge is 2.12. The number of rotatable bonds is 4. The molecular formula is C17H13Cl2N3O2S. The summed E-state index contributed by atoms with van der Waals surface area (Å²) in [5, 5.41) is 4.59. The number of para-hydroxylation sites is 1. The molecule has 5 nitrogen and oxygen atoms in total. The van der Waals surface area contributed by atoms with Crippen LogP contribution in [0.3, 0.4) is 0 Å². The minimum atomic E-state index is -0.253. The van der Waals surface area contributed by atoms with E-state index in [1.54, 1.807) is 43.4 Å². The molecule has 0 radical (unpaired) electrons. The summed E-state index contributed by atoms with van der Waals surface area (Å²) >= 11 is 13.1. The Balaban J connectivity index is 1.75. The number of carbonyl (C=O) groups excluding carboxylic acids is 1. The second-order valence-corrected chi connectivity index (χ2v) is 7.02. The molecule has 3 rings (SSSR count). The summed E-state index contributed by atoms with van der Waals surface area (Å²) in [5.74, 6) is -0.158. The van der Waals surface area contributed by atoms with Crippen LogP contribution in [0, 0.1) is 0 Å². The molecule has 0 aliphatic carbocycles. The predicted octanol–water partition coefficient (Wildman–Crippen LogP) is 3.97. The summed E-state index contributed by atoms with van der Waals surface area (Å²) in [6.07, 6.45) is 0. The zero-order chi connectivity index (χ0) is 18.0. The molecule has 0 unspecified atom stereocenters. The standard InChI is InChI=1S/C17H13Cl2N3O2S/c1-22-16(24)11-4-2-3-5-13(11)21-17(22)25-9-15(23)20-14-7-6-10(18)8-12(14)19/h2-8H,9H2,1H3,(H,20,23). The number of aromatic nitrogens is 2. The second-order valence-electron chi connectivity index (χ2n) is 5.24. The second kappa shape index (κ2) is 7.47. The molecule has 0 spiro atoms. The fourth-order valence-electron chi connectivity index (χ4n) is 2.23. The van der Waals surface area contributed by atoms with E-state index in [0.717, 1.165) is 0 Å². The number of fused-ring (bicyclic) bond motifs is 1. The molecule has 0 fully saturated rings. The van der Waals surface area contributed by atoms with Crippen molar-refractivity contribution in [1.82, 2.24) is 9.55 Å². The van der Waals surface area contributed by atoms with Crippen LogP contribution in [0.25, 0.3) is 10.9 Å². The fraction of sp³-hybridized carbons (Fsp3) is 0.118. The zero-order valence-electron chi connectivity index (χ0n) is 13.1. The van der Waals surface area contributed by atoms with Gasteiger partial charge in [-0.3, -0.25) is 14.2 Å². The van der Waals surface area contributed by atoms with Gasteiger partial charge in [0.15, 0.2) is 5.16 Å². The van der Waals surface area contributed by atoms with Crippen molar-refractivity contribution in [1.29, 1.82) is 0 Å². The number of amides is 1. The van der Waals surface area contributed by atoms with Crippen molar-refractivity contribution in [2.24, 2.45) is 7.05 Å². The zero-order valence-corrected chi connectivity index (χ0v) is 15.5. The lowest BCUT2D eigenvalue weighted by Gasteiger charge is -2.10. The maximum atomic E-state index is 12.3. The molecule has 0 bridgehead atoms. The third-order valence-electron chi connectivity index (χ3n) is 3.48. The van der Waals surface area contributed by atoms with E-state index in [-0.39, 0.29) is 17.2 Å². The van der Waals surface area contributed by atoms with Crippen molar-refractivity contribution in [3.05, 3.63) is 62.9 Å². The summed E-state index contributed by atoms with van der Waals surface area (Å²) in [5.41, 5.74) is 0.945. The summed E-state index contributed by atoms with van der Waals surface area (Å²) in [7, 11) is 1.64. The molecular weight excluding hydrogens is 381 g/mol. The Morgan fingerprint density at radius 3 is 2.76 bits per heavy atom. The van der Waals surface area contributed by atoms with E-state index in [1.807, 2.05) is 6.07 Å². The number of anilines is 1. The van der Waals surface area contributed by atoms with Crippen molar-refractivity contribution in [3.63, 3.8) is 0 Å². The largest absolute Gasteiger partial charge is 0.324 e. The number of benzene rings is 2. The Kier molecular flexibility index (Phi) is 5.32. The smallest absolute Gasteiger partial charge is 0.261 e. The third kappa shape index (κ3) is 3.98. The van der Waals surface area contributed by atoms with Gasteiger partial charge in [-0.25, -0.2) is 4.98 Å². The van der Waals surface area contributed by atoms with Crippen LogP contribution < -0.4 is 10.9 Å². The lowest BCUT2D eigenvalue weighted by Crippen LogP contribution is -2.21. The highest BCUT2D eigenvalue weighted by Crippen LogP contribution is 2.26. The Bertz CT molecular complexity index is 1020. The first kappa shape index (κ1) is 17.8. The van der Waals surface area contributed by atoms with Gasteiger partial charge in [0.25, 0.3) is 5.56 Å². The van der Waals surface area contributed by atoms with Crippen LogP contribution in [0.1, 0.15) is 0 Å². The number of nitrogens with one attached hydrogen (secondary N) is 1. The van der Waals surface area contributed by atoms with E-state index in [1.165, 1.54) is 16.3 Å². The average Bonchev–Trinajstić information content (AvgIpc) is 2.59. The van der Waals surface area contributed by atoms with Gasteiger partial charge in [0, 0.05) is 12.1 Å². The monoisotopic (exact) mass is 393 g/mol. The van der Waals surface area contributed by atoms with Crippen molar-refractivity contribution in [2.45, 2.75) is 5.16 Å². The SMILES string of the molecule is Cn1c(SCC(=O)Nc2ccc(Cl)cc2Cl)nc2ccccc2c1=O. The molecule has 2 aromatic carbocycles. The van der Waals surface area contributed by atoms with Crippen LogP contribution in [0.5, 0.6) is 0 Å². The van der Waals surface area contributed by atoms with Crippen LogP contribution in [0.2, 0.25) is 10.0 Å². The van der Waals surface area contributed by atoms with E-state index < -0.39 is 0 Å². The van der Waals surface area contributed by atoms with Crippen LogP contribution >= 0.6 is 35.0 Å². The Morgan fingerprint density at radius 1 is 1.24 bits per heavy atom.